The highest BCUT2D eigenvalue weighted by molar-refractivity contribution is 7.92. The monoisotopic (exact) mass is 404 g/mol. The molecule has 0 aliphatic heterocycles. The van der Waals surface area contributed by atoms with E-state index in [0.717, 1.165) is 5.56 Å². The lowest BCUT2D eigenvalue weighted by atomic mass is 10.2. The molecule has 0 saturated heterocycles. The van der Waals surface area contributed by atoms with E-state index in [1.807, 2.05) is 19.1 Å². The fourth-order valence-electron chi connectivity index (χ4n) is 2.30. The molecule has 0 unspecified atom stereocenters. The summed E-state index contributed by atoms with van der Waals surface area (Å²) in [6.45, 7) is 1.95. The zero-order chi connectivity index (χ0) is 19.4. The molecule has 0 radical (unpaired) electrons. The molecule has 1 N–H and O–H groups in total. The third-order valence-electron chi connectivity index (χ3n) is 3.65. The molecule has 0 aliphatic carbocycles. The van der Waals surface area contributed by atoms with Crippen molar-refractivity contribution in [2.24, 2.45) is 0 Å². The summed E-state index contributed by atoms with van der Waals surface area (Å²) >= 11 is 5.79. The average molecular weight is 405 g/mol. The van der Waals surface area contributed by atoms with E-state index in [2.05, 4.69) is 9.71 Å². The lowest BCUT2D eigenvalue weighted by molar-refractivity contribution is 0.374. The Morgan fingerprint density at radius 3 is 2.37 bits per heavy atom. The molecule has 0 atom stereocenters. The number of nitrogens with one attached hydrogen (secondary N) is 1. The molecule has 0 saturated carbocycles. The molecule has 0 spiro atoms. The van der Waals surface area contributed by atoms with Crippen molar-refractivity contribution < 1.29 is 17.9 Å². The zero-order valence-corrected chi connectivity index (χ0v) is 16.2. The van der Waals surface area contributed by atoms with Crippen molar-refractivity contribution in [2.75, 3.05) is 11.8 Å². The number of rotatable bonds is 6. The van der Waals surface area contributed by atoms with E-state index in [9.17, 15) is 8.42 Å². The number of aromatic nitrogens is 1. The van der Waals surface area contributed by atoms with Crippen molar-refractivity contribution in [3.63, 3.8) is 0 Å². The first kappa shape index (κ1) is 19.0. The predicted molar refractivity (Wildman–Crippen MR) is 104 cm³/mol. The van der Waals surface area contributed by atoms with Gasteiger partial charge >= 0.3 is 0 Å². The van der Waals surface area contributed by atoms with E-state index >= 15 is 0 Å². The van der Waals surface area contributed by atoms with Gasteiger partial charge in [0.15, 0.2) is 11.5 Å². The minimum atomic E-state index is -3.73. The van der Waals surface area contributed by atoms with Gasteiger partial charge in [0.25, 0.3) is 10.0 Å². The van der Waals surface area contributed by atoms with E-state index in [1.54, 1.807) is 25.3 Å². The molecule has 2 aromatic carbocycles. The summed E-state index contributed by atoms with van der Waals surface area (Å²) in [4.78, 5) is 4.25. The van der Waals surface area contributed by atoms with Gasteiger partial charge in [-0.3, -0.25) is 4.72 Å². The van der Waals surface area contributed by atoms with E-state index in [1.165, 1.54) is 30.5 Å². The second-order valence-corrected chi connectivity index (χ2v) is 7.82. The summed E-state index contributed by atoms with van der Waals surface area (Å²) in [7, 11) is -2.17. The van der Waals surface area contributed by atoms with Crippen molar-refractivity contribution in [2.45, 2.75) is 11.8 Å². The topological polar surface area (TPSA) is 77.5 Å². The van der Waals surface area contributed by atoms with Crippen molar-refractivity contribution in [3.8, 4) is 17.4 Å². The molecule has 3 aromatic rings. The minimum absolute atomic E-state index is 0.108. The van der Waals surface area contributed by atoms with Crippen molar-refractivity contribution in [1.29, 1.82) is 0 Å². The quantitative estimate of drug-likeness (QED) is 0.647. The summed E-state index contributed by atoms with van der Waals surface area (Å²) in [5.41, 5.74) is 1.35. The highest BCUT2D eigenvalue weighted by Gasteiger charge is 2.14. The fraction of sp³-hybridized carbons (Fsp3) is 0.105. The Kier molecular flexibility index (Phi) is 5.53. The molecule has 1 heterocycles. The molecule has 3 rings (SSSR count). The summed E-state index contributed by atoms with van der Waals surface area (Å²) in [5, 5.41) is 0.462. The van der Waals surface area contributed by atoms with Crippen LogP contribution in [-0.4, -0.2) is 20.5 Å². The number of aryl methyl sites for hydroxylation is 1. The van der Waals surface area contributed by atoms with Crippen LogP contribution in [-0.2, 0) is 10.0 Å². The number of sulfonamides is 1. The van der Waals surface area contributed by atoms with Gasteiger partial charge in [0, 0.05) is 11.1 Å². The van der Waals surface area contributed by atoms with Crippen LogP contribution in [0.15, 0.2) is 65.7 Å². The van der Waals surface area contributed by atoms with Gasteiger partial charge in [0.05, 0.1) is 23.9 Å². The Morgan fingerprint density at radius 1 is 1.00 bits per heavy atom. The smallest absolute Gasteiger partial charge is 0.261 e. The van der Waals surface area contributed by atoms with Crippen LogP contribution in [0, 0.1) is 6.92 Å². The van der Waals surface area contributed by atoms with Gasteiger partial charge in [-0.2, -0.15) is 0 Å². The van der Waals surface area contributed by atoms with Gasteiger partial charge in [-0.25, -0.2) is 13.4 Å². The number of benzene rings is 2. The lowest BCUT2D eigenvalue weighted by Gasteiger charge is -2.11. The first-order chi connectivity index (χ1) is 12.9. The number of methoxy groups -OCH3 is 1. The highest BCUT2D eigenvalue weighted by Crippen LogP contribution is 2.31. The number of hydrogen-bond acceptors (Lipinski definition) is 5. The molecule has 0 fully saturated rings. The second kappa shape index (κ2) is 7.85. The lowest BCUT2D eigenvalue weighted by Crippen LogP contribution is -2.12. The van der Waals surface area contributed by atoms with E-state index in [4.69, 9.17) is 21.1 Å². The Balaban J connectivity index is 1.75. The van der Waals surface area contributed by atoms with Crippen molar-refractivity contribution in [3.05, 3.63) is 71.4 Å². The van der Waals surface area contributed by atoms with Gasteiger partial charge < -0.3 is 9.47 Å². The van der Waals surface area contributed by atoms with Crippen molar-refractivity contribution in [1.82, 2.24) is 4.98 Å². The first-order valence-electron chi connectivity index (χ1n) is 7.94. The summed E-state index contributed by atoms with van der Waals surface area (Å²) in [6, 6.07) is 14.6. The Morgan fingerprint density at radius 2 is 1.74 bits per heavy atom. The highest BCUT2D eigenvalue weighted by atomic mass is 35.5. The molecule has 6 nitrogen and oxygen atoms in total. The summed E-state index contributed by atoms with van der Waals surface area (Å²) in [6.07, 6.45) is 1.38. The fourth-order valence-corrected chi connectivity index (χ4v) is 3.47. The number of anilines is 1. The molecule has 8 heteroatoms. The number of pyridine rings is 1. The van der Waals surface area contributed by atoms with E-state index in [0.29, 0.717) is 28.1 Å². The van der Waals surface area contributed by atoms with Crippen LogP contribution in [0.4, 0.5) is 5.69 Å². The standard InChI is InChI=1S/C19H17ClN2O4S/c1-13-3-9-17(18(11-13)25-2)26-19-10-6-15(12-21-19)22-27(23,24)16-7-4-14(20)5-8-16/h3-12,22H,1-2H3. The second-order valence-electron chi connectivity index (χ2n) is 5.70. The van der Waals surface area contributed by atoms with Crippen LogP contribution in [0.1, 0.15) is 5.56 Å². The Labute approximate surface area is 162 Å². The predicted octanol–water partition coefficient (Wildman–Crippen LogP) is 4.65. The average Bonchev–Trinajstić information content (AvgIpc) is 2.65. The van der Waals surface area contributed by atoms with Crippen molar-refractivity contribution >= 4 is 27.3 Å². The molecule has 140 valence electrons. The molecule has 27 heavy (non-hydrogen) atoms. The van der Waals surface area contributed by atoms with E-state index in [-0.39, 0.29) is 4.90 Å². The molecule has 1 aromatic heterocycles. The zero-order valence-electron chi connectivity index (χ0n) is 14.6. The molecule has 0 bridgehead atoms. The maximum absolute atomic E-state index is 12.4. The molecular formula is C19H17ClN2O4S. The maximum atomic E-state index is 12.4. The Bertz CT molecular complexity index is 1040. The summed E-state index contributed by atoms with van der Waals surface area (Å²) < 4.78 is 38.2. The van der Waals surface area contributed by atoms with Gasteiger partial charge in [-0.15, -0.1) is 0 Å². The molecule has 0 aliphatic rings. The minimum Gasteiger partial charge on any atom is -0.493 e. The van der Waals surface area contributed by atoms with Gasteiger partial charge in [0.2, 0.25) is 5.88 Å². The number of ether oxygens (including phenoxy) is 2. The van der Waals surface area contributed by atoms with Gasteiger partial charge in [-0.05, 0) is 55.0 Å². The number of hydrogen-bond donors (Lipinski definition) is 1. The van der Waals surface area contributed by atoms with Crippen LogP contribution in [0.25, 0.3) is 0 Å². The molecular weight excluding hydrogens is 388 g/mol. The third-order valence-corrected chi connectivity index (χ3v) is 5.30. The maximum Gasteiger partial charge on any atom is 0.261 e. The first-order valence-corrected chi connectivity index (χ1v) is 9.80. The van der Waals surface area contributed by atoms with Crippen LogP contribution in [0.5, 0.6) is 17.4 Å². The van der Waals surface area contributed by atoms with Gasteiger partial charge in [-0.1, -0.05) is 17.7 Å². The van der Waals surface area contributed by atoms with Gasteiger partial charge in [0.1, 0.15) is 0 Å². The number of nitrogens with zero attached hydrogens (tertiary/aromatic N) is 1. The Hall–Kier alpha value is -2.77. The van der Waals surface area contributed by atoms with E-state index < -0.39 is 10.0 Å². The summed E-state index contributed by atoms with van der Waals surface area (Å²) in [5.74, 6) is 1.42. The molecule has 0 amide bonds. The van der Waals surface area contributed by atoms with Crippen LogP contribution in [0.2, 0.25) is 5.02 Å². The largest absolute Gasteiger partial charge is 0.493 e. The van der Waals surface area contributed by atoms with Crippen LogP contribution < -0.4 is 14.2 Å². The van der Waals surface area contributed by atoms with Crippen LogP contribution in [0.3, 0.4) is 0 Å². The SMILES string of the molecule is COc1cc(C)ccc1Oc1ccc(NS(=O)(=O)c2ccc(Cl)cc2)cn1. The number of halogens is 1. The third kappa shape index (κ3) is 4.69. The normalized spacial score (nSPS) is 11.1. The van der Waals surface area contributed by atoms with Crippen LogP contribution >= 0.6 is 11.6 Å².